The van der Waals surface area contributed by atoms with Crippen molar-refractivity contribution in [3.8, 4) is 22.5 Å². The van der Waals surface area contributed by atoms with Crippen LogP contribution in [0.1, 0.15) is 18.5 Å². The molecule has 184 valence electrons. The molecule has 37 heavy (non-hydrogen) atoms. The number of benzene rings is 3. The maximum absolute atomic E-state index is 12.8. The molecule has 0 saturated heterocycles. The van der Waals surface area contributed by atoms with E-state index in [-0.39, 0.29) is 10.9 Å². The number of sulfonamides is 1. The highest BCUT2D eigenvalue weighted by molar-refractivity contribution is 7.89. The number of anilines is 1. The van der Waals surface area contributed by atoms with E-state index in [0.717, 1.165) is 40.6 Å². The molecular weight excluding hydrogens is 482 g/mol. The van der Waals surface area contributed by atoms with Gasteiger partial charge in [-0.05, 0) is 54.3 Å². The van der Waals surface area contributed by atoms with Crippen LogP contribution in [0.15, 0.2) is 102 Å². The Bertz CT molecular complexity index is 1670. The second kappa shape index (κ2) is 9.72. The van der Waals surface area contributed by atoms with Crippen molar-refractivity contribution in [1.82, 2.24) is 19.7 Å². The third-order valence-corrected chi connectivity index (χ3v) is 7.79. The number of aromatic nitrogens is 3. The average Bonchev–Trinajstić information content (AvgIpc) is 3.75. The Morgan fingerprint density at radius 3 is 2.38 bits per heavy atom. The van der Waals surface area contributed by atoms with Crippen molar-refractivity contribution in [3.63, 3.8) is 0 Å². The molecule has 7 nitrogen and oxygen atoms in total. The van der Waals surface area contributed by atoms with E-state index >= 15 is 0 Å². The molecule has 2 aromatic heterocycles. The topological polar surface area (TPSA) is 96.9 Å². The summed E-state index contributed by atoms with van der Waals surface area (Å²) in [6.45, 7) is 0.481. The number of hydrogen-bond donors (Lipinski definition) is 2. The third kappa shape index (κ3) is 5.07. The average molecular weight is 508 g/mol. The van der Waals surface area contributed by atoms with Crippen LogP contribution in [-0.2, 0) is 16.6 Å². The number of fused-ring (bicyclic) bond motifs is 1. The van der Waals surface area contributed by atoms with Crippen molar-refractivity contribution < 1.29 is 8.42 Å². The quantitative estimate of drug-likeness (QED) is 0.291. The summed E-state index contributed by atoms with van der Waals surface area (Å²) in [7, 11) is -3.60. The minimum atomic E-state index is -3.60. The molecule has 2 heterocycles. The molecule has 0 aliphatic heterocycles. The monoisotopic (exact) mass is 507 g/mol. The zero-order chi connectivity index (χ0) is 25.2. The van der Waals surface area contributed by atoms with Crippen LogP contribution in [0.3, 0.4) is 0 Å². The Balaban J connectivity index is 1.47. The number of nitrogens with zero attached hydrogens (tertiary/aromatic N) is 3. The molecule has 0 radical (unpaired) electrons. The summed E-state index contributed by atoms with van der Waals surface area (Å²) >= 11 is 0. The van der Waals surface area contributed by atoms with Crippen LogP contribution in [0.2, 0.25) is 0 Å². The first-order valence-electron chi connectivity index (χ1n) is 12.2. The highest BCUT2D eigenvalue weighted by Gasteiger charge is 2.28. The van der Waals surface area contributed by atoms with Gasteiger partial charge in [0.05, 0.1) is 28.0 Å². The number of nitrogens with one attached hydrogen (secondary N) is 2. The van der Waals surface area contributed by atoms with Crippen molar-refractivity contribution >= 4 is 26.7 Å². The predicted octanol–water partition coefficient (Wildman–Crippen LogP) is 5.41. The standard InChI is InChI=1S/C29H25N5O2S/c35-37(36,34-22-15-16-22)24-12-6-10-21(18-24)28-32-26-14-7-13-25(20-8-2-1-3-9-20)27(26)29(33-28)31-19-23-11-4-5-17-30-23/h1-14,17-18,22,34H,15-16,19H2,(H,31,32,33). The molecule has 0 atom stereocenters. The minimum absolute atomic E-state index is 0.0318. The molecule has 1 saturated carbocycles. The predicted molar refractivity (Wildman–Crippen MR) is 145 cm³/mol. The fourth-order valence-corrected chi connectivity index (χ4v) is 5.62. The largest absolute Gasteiger partial charge is 0.364 e. The lowest BCUT2D eigenvalue weighted by Crippen LogP contribution is -2.25. The van der Waals surface area contributed by atoms with Crippen LogP contribution in [0.5, 0.6) is 0 Å². The van der Waals surface area contributed by atoms with E-state index < -0.39 is 10.0 Å². The van der Waals surface area contributed by atoms with Gasteiger partial charge in [0.2, 0.25) is 10.0 Å². The zero-order valence-corrected chi connectivity index (χ0v) is 20.8. The fraction of sp³-hybridized carbons (Fsp3) is 0.138. The molecular formula is C29H25N5O2S. The van der Waals surface area contributed by atoms with Gasteiger partial charge in [-0.15, -0.1) is 0 Å². The van der Waals surface area contributed by atoms with E-state index in [0.29, 0.717) is 23.8 Å². The molecule has 0 bridgehead atoms. The van der Waals surface area contributed by atoms with Gasteiger partial charge in [-0.1, -0.05) is 60.7 Å². The van der Waals surface area contributed by atoms with Crippen molar-refractivity contribution in [3.05, 3.63) is 103 Å². The second-order valence-corrected chi connectivity index (χ2v) is 10.8. The van der Waals surface area contributed by atoms with Gasteiger partial charge in [0.15, 0.2) is 5.82 Å². The molecule has 1 aliphatic rings. The molecule has 6 rings (SSSR count). The van der Waals surface area contributed by atoms with Gasteiger partial charge < -0.3 is 5.32 Å². The Morgan fingerprint density at radius 2 is 1.59 bits per heavy atom. The van der Waals surface area contributed by atoms with Crippen LogP contribution in [0, 0.1) is 0 Å². The molecule has 1 aliphatic carbocycles. The maximum Gasteiger partial charge on any atom is 0.240 e. The van der Waals surface area contributed by atoms with E-state index in [1.54, 1.807) is 24.4 Å². The normalized spacial score (nSPS) is 13.5. The second-order valence-electron chi connectivity index (χ2n) is 9.06. The van der Waals surface area contributed by atoms with Crippen LogP contribution >= 0.6 is 0 Å². The van der Waals surface area contributed by atoms with Crippen molar-refractivity contribution in [2.75, 3.05) is 5.32 Å². The molecule has 0 spiro atoms. The van der Waals surface area contributed by atoms with Gasteiger partial charge in [0, 0.05) is 17.8 Å². The smallest absolute Gasteiger partial charge is 0.240 e. The van der Waals surface area contributed by atoms with Gasteiger partial charge in [-0.25, -0.2) is 23.1 Å². The Labute approximate surface area is 215 Å². The van der Waals surface area contributed by atoms with Crippen molar-refractivity contribution in [2.45, 2.75) is 30.3 Å². The zero-order valence-electron chi connectivity index (χ0n) is 20.0. The Morgan fingerprint density at radius 1 is 0.811 bits per heavy atom. The third-order valence-electron chi connectivity index (χ3n) is 6.27. The van der Waals surface area contributed by atoms with Gasteiger partial charge in [0.25, 0.3) is 0 Å². The summed E-state index contributed by atoms with van der Waals surface area (Å²) < 4.78 is 28.4. The molecule has 8 heteroatoms. The van der Waals surface area contributed by atoms with Crippen molar-refractivity contribution in [1.29, 1.82) is 0 Å². The summed E-state index contributed by atoms with van der Waals surface area (Å²) in [5.74, 6) is 1.11. The van der Waals surface area contributed by atoms with E-state index in [4.69, 9.17) is 9.97 Å². The molecule has 0 unspecified atom stereocenters. The maximum atomic E-state index is 12.8. The lowest BCUT2D eigenvalue weighted by molar-refractivity contribution is 0.581. The Hall–Kier alpha value is -4.14. The molecule has 5 aromatic rings. The number of hydrogen-bond acceptors (Lipinski definition) is 6. The van der Waals surface area contributed by atoms with Crippen molar-refractivity contribution in [2.24, 2.45) is 0 Å². The minimum Gasteiger partial charge on any atom is -0.364 e. The van der Waals surface area contributed by atoms with E-state index in [1.165, 1.54) is 0 Å². The molecule has 0 amide bonds. The number of rotatable bonds is 8. The van der Waals surface area contributed by atoms with Gasteiger partial charge >= 0.3 is 0 Å². The van der Waals surface area contributed by atoms with Crippen LogP contribution < -0.4 is 10.0 Å². The van der Waals surface area contributed by atoms with E-state index in [1.807, 2.05) is 54.6 Å². The Kier molecular flexibility index (Phi) is 6.12. The summed E-state index contributed by atoms with van der Waals surface area (Å²) in [5.41, 5.74) is 4.35. The highest BCUT2D eigenvalue weighted by atomic mass is 32.2. The van der Waals surface area contributed by atoms with Crippen LogP contribution in [-0.4, -0.2) is 29.4 Å². The van der Waals surface area contributed by atoms with Gasteiger partial charge in [-0.2, -0.15) is 0 Å². The first kappa shape index (κ1) is 23.3. The summed E-state index contributed by atoms with van der Waals surface area (Å²) in [4.78, 5) is 14.4. The molecule has 3 aromatic carbocycles. The lowest BCUT2D eigenvalue weighted by Gasteiger charge is -2.15. The lowest BCUT2D eigenvalue weighted by atomic mass is 10.0. The van der Waals surface area contributed by atoms with Gasteiger partial charge in [0.1, 0.15) is 5.82 Å². The van der Waals surface area contributed by atoms with E-state index in [2.05, 4.69) is 33.2 Å². The van der Waals surface area contributed by atoms with Crippen LogP contribution in [0.4, 0.5) is 5.82 Å². The fourth-order valence-electron chi connectivity index (χ4n) is 4.27. The molecule has 1 fully saturated rings. The highest BCUT2D eigenvalue weighted by Crippen LogP contribution is 2.34. The first-order valence-corrected chi connectivity index (χ1v) is 13.7. The summed E-state index contributed by atoms with van der Waals surface area (Å²) in [6.07, 6.45) is 3.51. The first-order chi connectivity index (χ1) is 18.1. The summed E-state index contributed by atoms with van der Waals surface area (Å²) in [6, 6.07) is 28.7. The van der Waals surface area contributed by atoms with Crippen LogP contribution in [0.25, 0.3) is 33.4 Å². The number of pyridine rings is 1. The summed E-state index contributed by atoms with van der Waals surface area (Å²) in [5, 5.41) is 4.36. The molecule has 2 N–H and O–H groups in total. The van der Waals surface area contributed by atoms with E-state index in [9.17, 15) is 8.42 Å². The SMILES string of the molecule is O=S(=O)(NC1CC1)c1cccc(-c2nc(NCc3ccccn3)c3c(-c4ccccc4)cccc3n2)c1. The van der Waals surface area contributed by atoms with Gasteiger partial charge in [-0.3, -0.25) is 4.98 Å².